The molecule has 0 saturated carbocycles. The maximum Gasteiger partial charge on any atom is 0.317 e. The topological polar surface area (TPSA) is 117 Å². The third-order valence-corrected chi connectivity index (χ3v) is 8.72. The number of imide groups is 1. The van der Waals surface area contributed by atoms with Gasteiger partial charge in [-0.25, -0.2) is 14.8 Å². The third-order valence-electron chi connectivity index (χ3n) is 6.62. The summed E-state index contributed by atoms with van der Waals surface area (Å²) in [5.74, 6) is 0.944. The molecule has 198 valence electrons. The van der Waals surface area contributed by atoms with E-state index >= 15 is 0 Å². The summed E-state index contributed by atoms with van der Waals surface area (Å²) in [6, 6.07) is 11.7. The van der Waals surface area contributed by atoms with Crippen LogP contribution in [0.15, 0.2) is 53.6 Å². The summed E-state index contributed by atoms with van der Waals surface area (Å²) in [4.78, 5) is 51.8. The van der Waals surface area contributed by atoms with Crippen molar-refractivity contribution in [2.75, 3.05) is 38.2 Å². The van der Waals surface area contributed by atoms with Crippen LogP contribution in [0, 0.1) is 6.92 Å². The van der Waals surface area contributed by atoms with Crippen molar-refractivity contribution in [2.24, 2.45) is 0 Å². The summed E-state index contributed by atoms with van der Waals surface area (Å²) in [6.07, 6.45) is 1.29. The van der Waals surface area contributed by atoms with Gasteiger partial charge < -0.3 is 19.9 Å². The minimum absolute atomic E-state index is 0.0546. The second-order valence-corrected chi connectivity index (χ2v) is 11.0. The lowest BCUT2D eigenvalue weighted by atomic mass is 10.1. The Kier molecular flexibility index (Phi) is 6.49. The fourth-order valence-corrected chi connectivity index (χ4v) is 6.46. The Labute approximate surface area is 231 Å². The van der Waals surface area contributed by atoms with E-state index in [0.29, 0.717) is 37.9 Å². The molecule has 4 amide bonds. The Balaban J connectivity index is 1.33. The quantitative estimate of drug-likeness (QED) is 0.315. The molecule has 2 aliphatic rings. The highest BCUT2D eigenvalue weighted by atomic mass is 32.1. The van der Waals surface area contributed by atoms with Gasteiger partial charge in [0.05, 0.1) is 16.8 Å². The number of carbonyl (C=O) groups excluding carboxylic acids is 3. The normalized spacial score (nSPS) is 15.1. The van der Waals surface area contributed by atoms with Crippen LogP contribution in [0.1, 0.15) is 5.56 Å². The molecule has 6 rings (SSSR count). The number of urea groups is 1. The van der Waals surface area contributed by atoms with Gasteiger partial charge in [0.25, 0.3) is 11.8 Å². The zero-order chi connectivity index (χ0) is 27.1. The first-order valence-electron chi connectivity index (χ1n) is 12.3. The molecular weight excluding hydrogens is 536 g/mol. The van der Waals surface area contributed by atoms with Crippen molar-refractivity contribution in [3.63, 3.8) is 0 Å². The number of amides is 4. The molecule has 0 atom stereocenters. The first-order chi connectivity index (χ1) is 18.9. The van der Waals surface area contributed by atoms with Gasteiger partial charge in [-0.1, -0.05) is 6.07 Å². The van der Waals surface area contributed by atoms with Crippen molar-refractivity contribution in [1.82, 2.24) is 25.5 Å². The summed E-state index contributed by atoms with van der Waals surface area (Å²) >= 11 is 3.09. The van der Waals surface area contributed by atoms with E-state index in [9.17, 15) is 14.4 Å². The number of nitrogens with one attached hydrogen (secondary N) is 2. The summed E-state index contributed by atoms with van der Waals surface area (Å²) in [5.41, 5.74) is 2.21. The second-order valence-electron chi connectivity index (χ2n) is 9.08. The summed E-state index contributed by atoms with van der Waals surface area (Å²) < 4.78 is 5.86. The number of likely N-dealkylation sites (N-methyl/N-ethyl adjacent to an activating group) is 1. The molecule has 1 saturated heterocycles. The third kappa shape index (κ3) is 4.72. The Morgan fingerprint density at radius 3 is 2.62 bits per heavy atom. The van der Waals surface area contributed by atoms with Crippen molar-refractivity contribution in [2.45, 2.75) is 6.92 Å². The standard InChI is InChI=1S/C27H24N6O4S2/c1-15-21-24(32(2)18-14-20(34)29-25(18)35)30-23(19-4-3-13-38-19)31-26(21)39-22(15)16-5-7-17(8-6-16)37-12-11-33-10-9-28-27(33)36/h3-8,13-14H,9-12H2,1-2H3,(H,28,36)(H,29,34,35). The number of benzene rings is 1. The van der Waals surface area contributed by atoms with E-state index in [4.69, 9.17) is 14.7 Å². The van der Waals surface area contributed by atoms with Crippen LogP contribution >= 0.6 is 22.7 Å². The number of hydrogen-bond acceptors (Lipinski definition) is 9. The highest BCUT2D eigenvalue weighted by molar-refractivity contribution is 7.22. The number of aromatic nitrogens is 2. The van der Waals surface area contributed by atoms with E-state index in [1.165, 1.54) is 17.4 Å². The van der Waals surface area contributed by atoms with Crippen LogP contribution < -0.4 is 20.3 Å². The molecule has 1 fully saturated rings. The number of hydrogen-bond donors (Lipinski definition) is 2. The molecule has 0 aliphatic carbocycles. The molecule has 2 aliphatic heterocycles. The zero-order valence-corrected chi connectivity index (χ0v) is 22.8. The number of rotatable bonds is 8. The van der Waals surface area contributed by atoms with Gasteiger partial charge >= 0.3 is 6.03 Å². The van der Waals surface area contributed by atoms with Crippen LogP contribution in [0.3, 0.4) is 0 Å². The van der Waals surface area contributed by atoms with Crippen LogP contribution in [0.5, 0.6) is 5.75 Å². The van der Waals surface area contributed by atoms with Gasteiger partial charge in [0.2, 0.25) is 0 Å². The minimum Gasteiger partial charge on any atom is -0.492 e. The Morgan fingerprint density at radius 2 is 1.95 bits per heavy atom. The second kappa shape index (κ2) is 10.1. The monoisotopic (exact) mass is 560 g/mol. The average Bonchev–Trinajstić information content (AvgIpc) is 3.73. The first-order valence-corrected chi connectivity index (χ1v) is 14.0. The van der Waals surface area contributed by atoms with E-state index in [0.717, 1.165) is 36.8 Å². The fraction of sp³-hybridized carbons (Fsp3) is 0.222. The first kappa shape index (κ1) is 25.0. The van der Waals surface area contributed by atoms with Gasteiger partial charge in [-0.15, -0.1) is 22.7 Å². The van der Waals surface area contributed by atoms with Crippen LogP contribution in [0.25, 0.3) is 31.4 Å². The van der Waals surface area contributed by atoms with Gasteiger partial charge in [0.1, 0.15) is 28.7 Å². The van der Waals surface area contributed by atoms with Crippen molar-refractivity contribution in [3.05, 3.63) is 59.1 Å². The predicted octanol–water partition coefficient (Wildman–Crippen LogP) is 3.78. The summed E-state index contributed by atoms with van der Waals surface area (Å²) in [6.45, 7) is 4.32. The highest BCUT2D eigenvalue weighted by Gasteiger charge is 2.29. The maximum absolute atomic E-state index is 12.4. The lowest BCUT2D eigenvalue weighted by molar-refractivity contribution is -0.123. The van der Waals surface area contributed by atoms with Crippen molar-refractivity contribution >= 4 is 56.6 Å². The number of anilines is 1. The molecule has 0 radical (unpaired) electrons. The molecule has 39 heavy (non-hydrogen) atoms. The van der Waals surface area contributed by atoms with E-state index in [1.54, 1.807) is 28.2 Å². The molecule has 3 aromatic heterocycles. The highest BCUT2D eigenvalue weighted by Crippen LogP contribution is 2.43. The number of nitrogens with zero attached hydrogens (tertiary/aromatic N) is 4. The number of aryl methyl sites for hydroxylation is 1. The Hall–Kier alpha value is -4.29. The van der Waals surface area contributed by atoms with Crippen molar-refractivity contribution in [1.29, 1.82) is 0 Å². The number of carbonyl (C=O) groups is 3. The van der Waals surface area contributed by atoms with Crippen LogP contribution in [0.4, 0.5) is 10.6 Å². The molecule has 5 heterocycles. The lowest BCUT2D eigenvalue weighted by Crippen LogP contribution is -2.31. The summed E-state index contributed by atoms with van der Waals surface area (Å²) in [5, 5.41) is 7.88. The molecule has 10 nitrogen and oxygen atoms in total. The van der Waals surface area contributed by atoms with Gasteiger partial charge in [-0.05, 0) is 53.8 Å². The molecular formula is C27H24N6O4S2. The number of ether oxygens (including phenoxy) is 1. The Bertz CT molecular complexity index is 1630. The van der Waals surface area contributed by atoms with Crippen LogP contribution in [-0.2, 0) is 9.59 Å². The smallest absolute Gasteiger partial charge is 0.317 e. The molecule has 0 unspecified atom stereocenters. The lowest BCUT2D eigenvalue weighted by Gasteiger charge is -2.19. The molecule has 1 aromatic carbocycles. The largest absolute Gasteiger partial charge is 0.492 e. The van der Waals surface area contributed by atoms with Crippen LogP contribution in [0.2, 0.25) is 0 Å². The van der Waals surface area contributed by atoms with Crippen molar-refractivity contribution < 1.29 is 19.1 Å². The van der Waals surface area contributed by atoms with Crippen LogP contribution in [-0.4, -0.2) is 66.0 Å². The van der Waals surface area contributed by atoms with Gasteiger partial charge in [0.15, 0.2) is 5.82 Å². The Morgan fingerprint density at radius 1 is 1.13 bits per heavy atom. The van der Waals surface area contributed by atoms with Gasteiger partial charge in [0, 0.05) is 31.1 Å². The zero-order valence-electron chi connectivity index (χ0n) is 21.2. The molecule has 12 heteroatoms. The van der Waals surface area contributed by atoms with E-state index in [-0.39, 0.29) is 11.7 Å². The van der Waals surface area contributed by atoms with E-state index in [2.05, 4.69) is 10.6 Å². The van der Waals surface area contributed by atoms with E-state index in [1.807, 2.05) is 48.7 Å². The minimum atomic E-state index is -0.457. The van der Waals surface area contributed by atoms with Crippen molar-refractivity contribution in [3.8, 4) is 26.9 Å². The van der Waals surface area contributed by atoms with E-state index < -0.39 is 11.8 Å². The SMILES string of the molecule is Cc1c(-c2ccc(OCCN3CCNC3=O)cc2)sc2nc(-c3cccs3)nc(N(C)C3=CC(=O)NC3=O)c12. The van der Waals surface area contributed by atoms with Gasteiger partial charge in [-0.2, -0.15) is 0 Å². The fourth-order valence-electron chi connectivity index (χ4n) is 4.62. The molecule has 2 N–H and O–H groups in total. The maximum atomic E-state index is 12.4. The number of fused-ring (bicyclic) bond motifs is 1. The summed E-state index contributed by atoms with van der Waals surface area (Å²) in [7, 11) is 1.73. The molecule has 4 aromatic rings. The predicted molar refractivity (Wildman–Crippen MR) is 151 cm³/mol. The number of thiophene rings is 2. The van der Waals surface area contributed by atoms with Gasteiger partial charge in [-0.3, -0.25) is 14.9 Å². The molecule has 0 spiro atoms. The molecule has 0 bridgehead atoms. The average molecular weight is 561 g/mol.